The van der Waals surface area contributed by atoms with Crippen molar-refractivity contribution < 1.29 is 22.7 Å². The van der Waals surface area contributed by atoms with Crippen LogP contribution in [0.5, 0.6) is 5.75 Å². The van der Waals surface area contributed by atoms with Crippen molar-refractivity contribution in [2.45, 2.75) is 44.1 Å². The Morgan fingerprint density at radius 1 is 1.33 bits per heavy atom. The average molecular weight is 409 g/mol. The number of carbonyl (C=O) groups excluding carboxylic acids is 2. The summed E-state index contributed by atoms with van der Waals surface area (Å²) < 4.78 is 32.7. The number of sulfonamides is 1. The third-order valence-corrected chi connectivity index (χ3v) is 6.69. The fourth-order valence-electron chi connectivity index (χ4n) is 2.58. The lowest BCUT2D eigenvalue weighted by molar-refractivity contribution is -0.123. The van der Waals surface area contributed by atoms with Gasteiger partial charge in [0.15, 0.2) is 6.10 Å². The van der Waals surface area contributed by atoms with Crippen LogP contribution in [-0.4, -0.2) is 26.3 Å². The second-order valence-corrected chi connectivity index (χ2v) is 9.11. The quantitative estimate of drug-likeness (QED) is 0.792. The molecule has 1 atom stereocenters. The van der Waals surface area contributed by atoms with Crippen molar-refractivity contribution in [1.29, 1.82) is 0 Å². The van der Waals surface area contributed by atoms with E-state index in [1.54, 1.807) is 11.4 Å². The molecule has 2 N–H and O–H groups in total. The van der Waals surface area contributed by atoms with Crippen LogP contribution in [0.1, 0.15) is 48.3 Å². The van der Waals surface area contributed by atoms with Gasteiger partial charge in [0, 0.05) is 10.3 Å². The van der Waals surface area contributed by atoms with Crippen LogP contribution in [0.4, 0.5) is 5.69 Å². The molecule has 1 aliphatic rings. The van der Waals surface area contributed by atoms with E-state index in [9.17, 15) is 18.0 Å². The maximum Gasteiger partial charge on any atom is 0.265 e. The summed E-state index contributed by atoms with van der Waals surface area (Å²) in [4.78, 5) is 25.1. The number of rotatable bonds is 5. The highest BCUT2D eigenvalue weighted by molar-refractivity contribution is 7.90. The third kappa shape index (κ3) is 3.98. The molecule has 2 amide bonds. The van der Waals surface area contributed by atoms with E-state index in [0.29, 0.717) is 17.7 Å². The summed E-state index contributed by atoms with van der Waals surface area (Å²) >= 11 is 1.41. The van der Waals surface area contributed by atoms with Crippen LogP contribution in [0.25, 0.3) is 0 Å². The monoisotopic (exact) mass is 408 g/mol. The molecule has 0 fully saturated rings. The van der Waals surface area contributed by atoms with E-state index in [4.69, 9.17) is 4.74 Å². The molecule has 9 heteroatoms. The van der Waals surface area contributed by atoms with Crippen LogP contribution >= 0.6 is 11.3 Å². The molecule has 2 heterocycles. The Morgan fingerprint density at radius 2 is 2.07 bits per heavy atom. The van der Waals surface area contributed by atoms with E-state index < -0.39 is 22.0 Å². The van der Waals surface area contributed by atoms with Gasteiger partial charge in [0.1, 0.15) is 5.75 Å². The number of anilines is 1. The zero-order chi connectivity index (χ0) is 19.8. The summed E-state index contributed by atoms with van der Waals surface area (Å²) in [6, 6.07) is 5.78. The molecule has 0 radical (unpaired) electrons. The molecule has 1 aliphatic heterocycles. The summed E-state index contributed by atoms with van der Waals surface area (Å²) in [6.07, 6.45) is -0.103. The minimum atomic E-state index is -4.09. The first-order valence-corrected chi connectivity index (χ1v) is 10.8. The SMILES string of the molecule is CC[C@@H]1Oc2ccc(S(=O)(=O)NC(=O)c3csc(C(C)C)c3)cc2NC1=O. The van der Waals surface area contributed by atoms with Crippen molar-refractivity contribution in [2.24, 2.45) is 0 Å². The Labute approximate surface area is 161 Å². The van der Waals surface area contributed by atoms with Crippen molar-refractivity contribution in [2.75, 3.05) is 5.32 Å². The number of ether oxygens (including phenoxy) is 1. The van der Waals surface area contributed by atoms with Gasteiger partial charge in [-0.3, -0.25) is 9.59 Å². The van der Waals surface area contributed by atoms with Gasteiger partial charge in [0.2, 0.25) is 0 Å². The highest BCUT2D eigenvalue weighted by Crippen LogP contribution is 2.32. The van der Waals surface area contributed by atoms with Crippen LogP contribution in [0.15, 0.2) is 34.5 Å². The number of amides is 2. The Bertz CT molecular complexity index is 995. The maximum atomic E-state index is 12.6. The lowest BCUT2D eigenvalue weighted by atomic mass is 10.1. The van der Waals surface area contributed by atoms with E-state index in [0.717, 1.165) is 4.88 Å². The van der Waals surface area contributed by atoms with Gasteiger partial charge in [-0.15, -0.1) is 11.3 Å². The Hall–Kier alpha value is -2.39. The number of carbonyl (C=O) groups is 2. The largest absolute Gasteiger partial charge is 0.478 e. The highest BCUT2D eigenvalue weighted by Gasteiger charge is 2.28. The molecular formula is C18H20N2O5S2. The van der Waals surface area contributed by atoms with Crippen molar-refractivity contribution in [3.8, 4) is 5.75 Å². The van der Waals surface area contributed by atoms with E-state index in [2.05, 4.69) is 10.0 Å². The van der Waals surface area contributed by atoms with Gasteiger partial charge >= 0.3 is 0 Å². The Kier molecular flexibility index (Phi) is 5.25. The normalized spacial score (nSPS) is 16.4. The van der Waals surface area contributed by atoms with E-state index in [-0.39, 0.29) is 22.4 Å². The second kappa shape index (κ2) is 7.32. The molecule has 144 valence electrons. The summed E-state index contributed by atoms with van der Waals surface area (Å²) in [5, 5.41) is 4.27. The van der Waals surface area contributed by atoms with Gasteiger partial charge in [-0.1, -0.05) is 20.8 Å². The fourth-order valence-corrected chi connectivity index (χ4v) is 4.49. The van der Waals surface area contributed by atoms with Crippen LogP contribution in [-0.2, 0) is 14.8 Å². The lowest BCUT2D eigenvalue weighted by Crippen LogP contribution is -2.36. The minimum absolute atomic E-state index is 0.132. The predicted octanol–water partition coefficient (Wildman–Crippen LogP) is 3.10. The molecule has 0 saturated carbocycles. The van der Waals surface area contributed by atoms with Crippen molar-refractivity contribution in [3.05, 3.63) is 40.1 Å². The van der Waals surface area contributed by atoms with Crippen LogP contribution in [0.2, 0.25) is 0 Å². The molecule has 7 nitrogen and oxygen atoms in total. The van der Waals surface area contributed by atoms with Crippen molar-refractivity contribution >= 4 is 38.9 Å². The molecule has 3 rings (SSSR count). The van der Waals surface area contributed by atoms with Gasteiger partial charge in [0.05, 0.1) is 16.1 Å². The molecule has 0 spiro atoms. The first-order valence-electron chi connectivity index (χ1n) is 8.48. The highest BCUT2D eigenvalue weighted by atomic mass is 32.2. The summed E-state index contributed by atoms with van der Waals surface area (Å²) in [6.45, 7) is 5.81. The topological polar surface area (TPSA) is 102 Å². The van der Waals surface area contributed by atoms with Crippen LogP contribution in [0.3, 0.4) is 0 Å². The smallest absolute Gasteiger partial charge is 0.265 e. The molecule has 0 aliphatic carbocycles. The van der Waals surface area contributed by atoms with E-state index in [1.807, 2.05) is 20.8 Å². The van der Waals surface area contributed by atoms with Gasteiger partial charge < -0.3 is 10.1 Å². The van der Waals surface area contributed by atoms with Gasteiger partial charge in [-0.2, -0.15) is 0 Å². The van der Waals surface area contributed by atoms with Gasteiger partial charge in [0.25, 0.3) is 21.8 Å². The second-order valence-electron chi connectivity index (χ2n) is 6.49. The van der Waals surface area contributed by atoms with Crippen LogP contribution < -0.4 is 14.8 Å². The Morgan fingerprint density at radius 3 is 2.70 bits per heavy atom. The zero-order valence-electron chi connectivity index (χ0n) is 15.1. The number of nitrogens with one attached hydrogen (secondary N) is 2. The first kappa shape index (κ1) is 19.4. The molecule has 1 aromatic carbocycles. The molecular weight excluding hydrogens is 388 g/mol. The summed E-state index contributed by atoms with van der Waals surface area (Å²) in [7, 11) is -4.09. The third-order valence-electron chi connectivity index (χ3n) is 4.13. The molecule has 0 bridgehead atoms. The predicted molar refractivity (Wildman–Crippen MR) is 103 cm³/mol. The summed E-state index contributed by atoms with van der Waals surface area (Å²) in [5.41, 5.74) is 0.560. The lowest BCUT2D eigenvalue weighted by Gasteiger charge is -2.25. The number of fused-ring (bicyclic) bond motifs is 1. The minimum Gasteiger partial charge on any atom is -0.478 e. The Balaban J connectivity index is 1.82. The molecule has 1 aromatic heterocycles. The average Bonchev–Trinajstić information content (AvgIpc) is 3.11. The van der Waals surface area contributed by atoms with Crippen molar-refractivity contribution in [1.82, 2.24) is 4.72 Å². The standard InChI is InChI=1S/C18H20N2O5S2/c1-4-14-18(22)19-13-8-12(5-6-15(13)25-14)27(23,24)20-17(21)11-7-16(10(2)3)26-9-11/h5-10,14H,4H2,1-3H3,(H,19,22)(H,20,21)/t14-/m0/s1. The molecule has 2 aromatic rings. The van der Waals surface area contributed by atoms with Gasteiger partial charge in [-0.25, -0.2) is 13.1 Å². The van der Waals surface area contributed by atoms with E-state index in [1.165, 1.54) is 29.5 Å². The molecule has 27 heavy (non-hydrogen) atoms. The van der Waals surface area contributed by atoms with E-state index >= 15 is 0 Å². The first-order chi connectivity index (χ1) is 12.7. The molecule has 0 unspecified atom stereocenters. The zero-order valence-corrected chi connectivity index (χ0v) is 16.7. The number of hydrogen-bond donors (Lipinski definition) is 2. The number of hydrogen-bond acceptors (Lipinski definition) is 6. The molecule has 0 saturated heterocycles. The maximum absolute atomic E-state index is 12.6. The number of thiophene rings is 1. The fraction of sp³-hybridized carbons (Fsp3) is 0.333. The van der Waals surface area contributed by atoms with Crippen LogP contribution in [0, 0.1) is 0 Å². The van der Waals surface area contributed by atoms with Crippen molar-refractivity contribution in [3.63, 3.8) is 0 Å². The number of benzene rings is 1. The van der Waals surface area contributed by atoms with Gasteiger partial charge in [-0.05, 0) is 36.6 Å². The summed E-state index contributed by atoms with van der Waals surface area (Å²) in [5.74, 6) is -0.374.